The molecule has 0 N–H and O–H groups in total. The molecule has 0 aromatic heterocycles. The van der Waals surface area contributed by atoms with Crippen molar-refractivity contribution in [2.45, 2.75) is 39.2 Å². The molecule has 2 aromatic rings. The summed E-state index contributed by atoms with van der Waals surface area (Å²) in [5, 5.41) is 0. The molecule has 166 valence electrons. The number of aryl methyl sites for hydroxylation is 1. The van der Waals surface area contributed by atoms with Gasteiger partial charge in [0.25, 0.3) is 0 Å². The topological polar surface area (TPSA) is 15.7 Å². The van der Waals surface area contributed by atoms with Crippen LogP contribution in [-0.2, 0) is 11.3 Å². The summed E-state index contributed by atoms with van der Waals surface area (Å²) in [6.45, 7) is 11.6. The fraction of sp³-hybridized carbons (Fsp3) is 0.571. The maximum atomic E-state index is 6.06. The fourth-order valence-electron chi connectivity index (χ4n) is 5.85. The minimum Gasteiger partial charge on any atom is -0.381 e. The molecule has 3 aliphatic rings. The lowest BCUT2D eigenvalue weighted by Gasteiger charge is -2.26. The van der Waals surface area contributed by atoms with E-state index in [1.165, 1.54) is 80.7 Å². The molecule has 5 rings (SSSR count). The Kier molecular flexibility index (Phi) is 6.73. The van der Waals surface area contributed by atoms with Gasteiger partial charge in [-0.1, -0.05) is 55.0 Å². The van der Waals surface area contributed by atoms with Crippen molar-refractivity contribution in [3.8, 4) is 11.1 Å². The van der Waals surface area contributed by atoms with E-state index in [9.17, 15) is 0 Å². The molecule has 3 fully saturated rings. The smallest absolute Gasteiger partial charge is 0.0500 e. The van der Waals surface area contributed by atoms with Gasteiger partial charge in [0.05, 0.1) is 6.61 Å². The van der Waals surface area contributed by atoms with Gasteiger partial charge in [-0.05, 0) is 79.3 Å². The Bertz CT molecular complexity index is 830. The van der Waals surface area contributed by atoms with Gasteiger partial charge in [-0.15, -0.1) is 0 Å². The maximum absolute atomic E-state index is 6.06. The normalized spacial score (nSPS) is 26.2. The molecule has 2 heterocycles. The van der Waals surface area contributed by atoms with Crippen LogP contribution in [0.5, 0.6) is 0 Å². The van der Waals surface area contributed by atoms with Crippen molar-refractivity contribution in [3.05, 3.63) is 59.7 Å². The van der Waals surface area contributed by atoms with E-state index in [1.807, 2.05) is 0 Å². The average molecular weight is 419 g/mol. The molecule has 0 amide bonds. The van der Waals surface area contributed by atoms with Crippen LogP contribution in [0.4, 0.5) is 0 Å². The molecule has 2 saturated heterocycles. The Morgan fingerprint density at radius 1 is 0.871 bits per heavy atom. The highest BCUT2D eigenvalue weighted by atomic mass is 16.5. The van der Waals surface area contributed by atoms with Crippen LogP contribution in [0.1, 0.15) is 36.8 Å². The quantitative estimate of drug-likeness (QED) is 0.519. The molecule has 2 aliphatic heterocycles. The molecule has 0 radical (unpaired) electrons. The van der Waals surface area contributed by atoms with Crippen molar-refractivity contribution in [1.82, 2.24) is 9.80 Å². The Morgan fingerprint density at radius 3 is 2.35 bits per heavy atom. The number of hydrogen-bond donors (Lipinski definition) is 0. The van der Waals surface area contributed by atoms with Gasteiger partial charge in [0, 0.05) is 32.8 Å². The van der Waals surface area contributed by atoms with E-state index in [4.69, 9.17) is 4.74 Å². The van der Waals surface area contributed by atoms with Gasteiger partial charge in [0.15, 0.2) is 0 Å². The first kappa shape index (κ1) is 21.2. The Balaban J connectivity index is 0.998. The van der Waals surface area contributed by atoms with Crippen molar-refractivity contribution < 1.29 is 4.74 Å². The highest BCUT2D eigenvalue weighted by molar-refractivity contribution is 5.67. The van der Waals surface area contributed by atoms with Crippen LogP contribution in [0.25, 0.3) is 11.1 Å². The van der Waals surface area contributed by atoms with Gasteiger partial charge < -0.3 is 9.64 Å². The largest absolute Gasteiger partial charge is 0.381 e. The molecule has 3 atom stereocenters. The second kappa shape index (κ2) is 9.85. The van der Waals surface area contributed by atoms with Crippen LogP contribution in [0.3, 0.4) is 0 Å². The SMILES string of the molecule is Cc1ccccc1-c1ccc(CN2C[C@@H]3[C@@H](COCCCN4CCCCC4)[C@@H]3C2)cc1. The van der Waals surface area contributed by atoms with Crippen molar-refractivity contribution in [2.75, 3.05) is 45.9 Å². The van der Waals surface area contributed by atoms with Gasteiger partial charge in [0.2, 0.25) is 0 Å². The third kappa shape index (κ3) is 5.22. The lowest BCUT2D eigenvalue weighted by Crippen LogP contribution is -2.31. The molecule has 0 bridgehead atoms. The van der Waals surface area contributed by atoms with E-state index < -0.39 is 0 Å². The maximum Gasteiger partial charge on any atom is 0.0500 e. The lowest BCUT2D eigenvalue weighted by molar-refractivity contribution is 0.0967. The second-order valence-corrected chi connectivity index (χ2v) is 10.0. The number of ether oxygens (including phenoxy) is 1. The van der Waals surface area contributed by atoms with E-state index in [0.717, 1.165) is 37.5 Å². The summed E-state index contributed by atoms with van der Waals surface area (Å²) < 4.78 is 6.06. The monoisotopic (exact) mass is 418 g/mol. The molecule has 31 heavy (non-hydrogen) atoms. The average Bonchev–Trinajstić information content (AvgIpc) is 3.25. The predicted molar refractivity (Wildman–Crippen MR) is 128 cm³/mol. The number of rotatable bonds is 9. The number of piperidine rings is 2. The molecular weight excluding hydrogens is 380 g/mol. The number of hydrogen-bond acceptors (Lipinski definition) is 3. The Labute approximate surface area is 188 Å². The molecule has 0 unspecified atom stereocenters. The van der Waals surface area contributed by atoms with Crippen LogP contribution in [0.15, 0.2) is 48.5 Å². The van der Waals surface area contributed by atoms with E-state index in [1.54, 1.807) is 0 Å². The summed E-state index contributed by atoms with van der Waals surface area (Å²) in [5.74, 6) is 2.59. The van der Waals surface area contributed by atoms with Crippen molar-refractivity contribution >= 4 is 0 Å². The lowest BCUT2D eigenvalue weighted by atomic mass is 9.99. The van der Waals surface area contributed by atoms with Crippen molar-refractivity contribution in [3.63, 3.8) is 0 Å². The first-order valence-corrected chi connectivity index (χ1v) is 12.5. The predicted octanol–water partition coefficient (Wildman–Crippen LogP) is 5.23. The zero-order valence-electron chi connectivity index (χ0n) is 19.1. The van der Waals surface area contributed by atoms with Crippen LogP contribution in [-0.4, -0.2) is 55.7 Å². The Hall–Kier alpha value is -1.68. The van der Waals surface area contributed by atoms with E-state index in [0.29, 0.717) is 0 Å². The van der Waals surface area contributed by atoms with Crippen LogP contribution >= 0.6 is 0 Å². The highest BCUT2D eigenvalue weighted by Gasteiger charge is 2.55. The first-order chi connectivity index (χ1) is 15.3. The highest BCUT2D eigenvalue weighted by Crippen LogP contribution is 2.52. The summed E-state index contributed by atoms with van der Waals surface area (Å²) >= 11 is 0. The van der Waals surface area contributed by atoms with Crippen LogP contribution in [0, 0.1) is 24.7 Å². The number of benzene rings is 2. The summed E-state index contributed by atoms with van der Waals surface area (Å²) in [5.41, 5.74) is 5.44. The molecule has 3 nitrogen and oxygen atoms in total. The third-order valence-electron chi connectivity index (χ3n) is 7.79. The van der Waals surface area contributed by atoms with E-state index in [2.05, 4.69) is 65.3 Å². The minimum atomic E-state index is 0.828. The summed E-state index contributed by atoms with van der Waals surface area (Å²) in [4.78, 5) is 5.26. The Morgan fingerprint density at radius 2 is 1.61 bits per heavy atom. The third-order valence-corrected chi connectivity index (χ3v) is 7.79. The number of likely N-dealkylation sites (tertiary alicyclic amines) is 2. The zero-order chi connectivity index (χ0) is 21.0. The first-order valence-electron chi connectivity index (χ1n) is 12.5. The van der Waals surface area contributed by atoms with Gasteiger partial charge >= 0.3 is 0 Å². The van der Waals surface area contributed by atoms with Gasteiger partial charge in [-0.3, -0.25) is 4.90 Å². The van der Waals surface area contributed by atoms with Gasteiger partial charge in [0.1, 0.15) is 0 Å². The standard InChI is InChI=1S/C28H38N2O/c1-22-8-3-4-9-25(22)24-12-10-23(11-13-24)18-30-19-26-27(20-30)28(26)21-31-17-7-16-29-14-5-2-6-15-29/h3-4,8-13,26-28H,2,5-7,14-21H2,1H3/t26-,27+,28+. The molecule has 1 saturated carbocycles. The van der Waals surface area contributed by atoms with Crippen LogP contribution in [0.2, 0.25) is 0 Å². The molecule has 2 aromatic carbocycles. The minimum absolute atomic E-state index is 0.828. The molecule has 3 heteroatoms. The zero-order valence-corrected chi connectivity index (χ0v) is 19.1. The van der Waals surface area contributed by atoms with E-state index in [-0.39, 0.29) is 0 Å². The van der Waals surface area contributed by atoms with Crippen molar-refractivity contribution in [2.24, 2.45) is 17.8 Å². The van der Waals surface area contributed by atoms with Crippen molar-refractivity contribution in [1.29, 1.82) is 0 Å². The second-order valence-electron chi connectivity index (χ2n) is 10.0. The fourth-order valence-corrected chi connectivity index (χ4v) is 5.85. The van der Waals surface area contributed by atoms with E-state index >= 15 is 0 Å². The summed E-state index contributed by atoms with van der Waals surface area (Å²) in [7, 11) is 0. The summed E-state index contributed by atoms with van der Waals surface area (Å²) in [6.07, 6.45) is 5.40. The molecule has 1 aliphatic carbocycles. The molecule has 0 spiro atoms. The summed E-state index contributed by atoms with van der Waals surface area (Å²) in [6, 6.07) is 17.8. The molecular formula is C28H38N2O. The van der Waals surface area contributed by atoms with Gasteiger partial charge in [-0.2, -0.15) is 0 Å². The van der Waals surface area contributed by atoms with Crippen LogP contribution < -0.4 is 0 Å². The number of fused-ring (bicyclic) bond motifs is 1. The number of nitrogens with zero attached hydrogens (tertiary/aromatic N) is 2. The van der Waals surface area contributed by atoms with Gasteiger partial charge in [-0.25, -0.2) is 0 Å².